The summed E-state index contributed by atoms with van der Waals surface area (Å²) in [7, 11) is 0. The van der Waals surface area contributed by atoms with E-state index >= 15 is 0 Å². The minimum absolute atomic E-state index is 0.133. The van der Waals surface area contributed by atoms with E-state index in [4.69, 9.17) is 5.73 Å². The molecule has 102 valence electrons. The van der Waals surface area contributed by atoms with Crippen LogP contribution in [0.4, 0.5) is 10.1 Å². The number of halogens is 1. The van der Waals surface area contributed by atoms with Gasteiger partial charge in [0.25, 0.3) is 0 Å². The summed E-state index contributed by atoms with van der Waals surface area (Å²) in [5, 5.41) is 0. The lowest BCUT2D eigenvalue weighted by atomic mass is 10.1. The van der Waals surface area contributed by atoms with E-state index in [9.17, 15) is 4.39 Å². The number of hydrogen-bond acceptors (Lipinski definition) is 2. The van der Waals surface area contributed by atoms with Crippen LogP contribution in [-0.4, -0.2) is 12.6 Å². The number of nitrogens with zero attached hydrogens (tertiary/aromatic N) is 1. The second-order valence-electron chi connectivity index (χ2n) is 5.64. The molecule has 0 spiro atoms. The van der Waals surface area contributed by atoms with Crippen LogP contribution >= 0.6 is 0 Å². The van der Waals surface area contributed by atoms with Gasteiger partial charge < -0.3 is 10.6 Å². The van der Waals surface area contributed by atoms with Crippen molar-refractivity contribution < 1.29 is 4.39 Å². The van der Waals surface area contributed by atoms with Crippen LogP contribution in [0.3, 0.4) is 0 Å². The molecule has 0 fully saturated rings. The number of benzene rings is 1. The van der Waals surface area contributed by atoms with Crippen LogP contribution in [0, 0.1) is 11.7 Å². The van der Waals surface area contributed by atoms with E-state index in [0.29, 0.717) is 11.6 Å². The van der Waals surface area contributed by atoms with Crippen molar-refractivity contribution >= 4 is 5.69 Å². The first kappa shape index (κ1) is 15.0. The van der Waals surface area contributed by atoms with Crippen molar-refractivity contribution in [3.63, 3.8) is 0 Å². The second kappa shape index (κ2) is 6.19. The average Bonchev–Trinajstić information content (AvgIpc) is 2.25. The summed E-state index contributed by atoms with van der Waals surface area (Å²) in [5.74, 6) is 0.319. The van der Waals surface area contributed by atoms with Gasteiger partial charge >= 0.3 is 0 Å². The lowest BCUT2D eigenvalue weighted by Gasteiger charge is -2.31. The largest absolute Gasteiger partial charge is 0.366 e. The van der Waals surface area contributed by atoms with Gasteiger partial charge in [0.1, 0.15) is 5.82 Å². The van der Waals surface area contributed by atoms with Crippen LogP contribution in [0.25, 0.3) is 0 Å². The minimum Gasteiger partial charge on any atom is -0.366 e. The van der Waals surface area contributed by atoms with E-state index in [2.05, 4.69) is 32.6 Å². The molecule has 0 radical (unpaired) electrons. The molecule has 0 amide bonds. The molecular formula is C15H25FN2. The van der Waals surface area contributed by atoms with E-state index in [1.54, 1.807) is 6.07 Å². The maximum Gasteiger partial charge on any atom is 0.146 e. The van der Waals surface area contributed by atoms with Gasteiger partial charge in [-0.15, -0.1) is 0 Å². The van der Waals surface area contributed by atoms with Gasteiger partial charge in [-0.3, -0.25) is 0 Å². The zero-order valence-electron chi connectivity index (χ0n) is 12.1. The Morgan fingerprint density at radius 1 is 1.17 bits per heavy atom. The van der Waals surface area contributed by atoms with Gasteiger partial charge in [0, 0.05) is 18.6 Å². The highest BCUT2D eigenvalue weighted by molar-refractivity contribution is 5.50. The van der Waals surface area contributed by atoms with Crippen molar-refractivity contribution in [2.45, 2.75) is 46.7 Å². The summed E-state index contributed by atoms with van der Waals surface area (Å²) in [6.45, 7) is 11.2. The molecule has 3 heteroatoms. The molecule has 1 aromatic carbocycles. The van der Waals surface area contributed by atoms with Crippen LogP contribution < -0.4 is 10.6 Å². The standard InChI is InChI=1S/C15H25FN2/c1-10(2)9-18(11(3)4)15-7-6-13(12(5)17)8-14(15)16/h6-8,10-12H,9,17H2,1-5H3. The molecule has 0 saturated heterocycles. The van der Waals surface area contributed by atoms with Gasteiger partial charge in [0.05, 0.1) is 5.69 Å². The summed E-state index contributed by atoms with van der Waals surface area (Å²) in [6, 6.07) is 5.46. The highest BCUT2D eigenvalue weighted by atomic mass is 19.1. The summed E-state index contributed by atoms with van der Waals surface area (Å²) in [6.07, 6.45) is 0. The third-order valence-corrected chi connectivity index (χ3v) is 2.99. The van der Waals surface area contributed by atoms with E-state index < -0.39 is 0 Å². The lowest BCUT2D eigenvalue weighted by Crippen LogP contribution is -2.34. The van der Waals surface area contributed by atoms with Crippen LogP contribution in [0.15, 0.2) is 18.2 Å². The molecule has 1 unspecified atom stereocenters. The zero-order valence-corrected chi connectivity index (χ0v) is 12.1. The first-order valence-corrected chi connectivity index (χ1v) is 6.64. The summed E-state index contributed by atoms with van der Waals surface area (Å²) in [5.41, 5.74) is 7.28. The third-order valence-electron chi connectivity index (χ3n) is 2.99. The smallest absolute Gasteiger partial charge is 0.146 e. The van der Waals surface area contributed by atoms with Crippen molar-refractivity contribution in [1.29, 1.82) is 0 Å². The molecule has 0 aromatic heterocycles. The molecule has 1 atom stereocenters. The zero-order chi connectivity index (χ0) is 13.9. The quantitative estimate of drug-likeness (QED) is 0.865. The molecule has 1 rings (SSSR count). The maximum atomic E-state index is 14.2. The van der Waals surface area contributed by atoms with Gasteiger partial charge in [-0.1, -0.05) is 19.9 Å². The van der Waals surface area contributed by atoms with Crippen molar-refractivity contribution in [1.82, 2.24) is 0 Å². The van der Waals surface area contributed by atoms with Crippen LogP contribution in [0.5, 0.6) is 0 Å². The topological polar surface area (TPSA) is 29.3 Å². The van der Waals surface area contributed by atoms with Gasteiger partial charge in [0.2, 0.25) is 0 Å². The monoisotopic (exact) mass is 252 g/mol. The molecular weight excluding hydrogens is 227 g/mol. The molecule has 2 nitrogen and oxygen atoms in total. The van der Waals surface area contributed by atoms with E-state index in [-0.39, 0.29) is 17.9 Å². The third kappa shape index (κ3) is 3.70. The number of nitrogens with two attached hydrogens (primary N) is 1. The number of anilines is 1. The van der Waals surface area contributed by atoms with Crippen LogP contribution in [0.2, 0.25) is 0 Å². The fraction of sp³-hybridized carbons (Fsp3) is 0.600. The Balaban J connectivity index is 3.05. The normalized spacial score (nSPS) is 13.2. The van der Waals surface area contributed by atoms with Crippen molar-refractivity contribution in [3.8, 4) is 0 Å². The molecule has 0 aliphatic heterocycles. The summed E-state index contributed by atoms with van der Waals surface area (Å²) in [4.78, 5) is 2.10. The Kier molecular flexibility index (Phi) is 5.15. The van der Waals surface area contributed by atoms with Gasteiger partial charge in [-0.25, -0.2) is 4.39 Å². The average molecular weight is 252 g/mol. The fourth-order valence-electron chi connectivity index (χ4n) is 2.02. The van der Waals surface area contributed by atoms with E-state index in [1.807, 2.05) is 19.1 Å². The Morgan fingerprint density at radius 3 is 2.17 bits per heavy atom. The maximum absolute atomic E-state index is 14.2. The Morgan fingerprint density at radius 2 is 1.78 bits per heavy atom. The molecule has 0 aliphatic carbocycles. The molecule has 1 aromatic rings. The molecule has 2 N–H and O–H groups in total. The Hall–Kier alpha value is -1.09. The van der Waals surface area contributed by atoms with Gasteiger partial charge in [-0.05, 0) is 44.4 Å². The highest BCUT2D eigenvalue weighted by Crippen LogP contribution is 2.25. The summed E-state index contributed by atoms with van der Waals surface area (Å²) < 4.78 is 14.2. The van der Waals surface area contributed by atoms with Crippen LogP contribution in [-0.2, 0) is 0 Å². The van der Waals surface area contributed by atoms with Gasteiger partial charge in [0.15, 0.2) is 0 Å². The van der Waals surface area contributed by atoms with E-state index in [1.165, 1.54) is 0 Å². The predicted octanol–water partition coefficient (Wildman–Crippen LogP) is 3.72. The first-order chi connectivity index (χ1) is 8.32. The van der Waals surface area contributed by atoms with Crippen molar-refractivity contribution in [2.75, 3.05) is 11.4 Å². The molecule has 0 saturated carbocycles. The lowest BCUT2D eigenvalue weighted by molar-refractivity contribution is 0.548. The molecule has 0 bridgehead atoms. The van der Waals surface area contributed by atoms with Crippen molar-refractivity contribution in [3.05, 3.63) is 29.6 Å². The minimum atomic E-state index is -0.181. The summed E-state index contributed by atoms with van der Waals surface area (Å²) >= 11 is 0. The van der Waals surface area contributed by atoms with Crippen molar-refractivity contribution in [2.24, 2.45) is 11.7 Å². The fourth-order valence-corrected chi connectivity index (χ4v) is 2.02. The van der Waals surface area contributed by atoms with Gasteiger partial charge in [-0.2, -0.15) is 0 Å². The SMILES string of the molecule is CC(C)CN(c1ccc(C(C)N)cc1F)C(C)C. The van der Waals surface area contributed by atoms with Crippen LogP contribution in [0.1, 0.15) is 46.2 Å². The molecule has 0 heterocycles. The van der Waals surface area contributed by atoms with E-state index in [0.717, 1.165) is 12.1 Å². The first-order valence-electron chi connectivity index (χ1n) is 6.64. The second-order valence-corrected chi connectivity index (χ2v) is 5.64. The Bertz CT molecular complexity index is 386. The Labute approximate surface area is 110 Å². The number of rotatable bonds is 5. The molecule has 0 aliphatic rings. The highest BCUT2D eigenvalue weighted by Gasteiger charge is 2.16. The molecule has 18 heavy (non-hydrogen) atoms. The number of hydrogen-bond donors (Lipinski definition) is 1. The predicted molar refractivity (Wildman–Crippen MR) is 76.3 cm³/mol.